The molecule has 0 spiro atoms. The average molecular weight is 497 g/mol. The van der Waals surface area contributed by atoms with Crippen LogP contribution in [0.4, 0.5) is 8.78 Å². The van der Waals surface area contributed by atoms with Crippen LogP contribution in [0.2, 0.25) is 0 Å². The van der Waals surface area contributed by atoms with E-state index in [4.69, 9.17) is 0 Å². The van der Waals surface area contributed by atoms with Crippen LogP contribution in [0, 0.1) is 11.6 Å². The van der Waals surface area contributed by atoms with Crippen molar-refractivity contribution in [2.24, 2.45) is 0 Å². The molecule has 0 saturated carbocycles. The molecule has 4 aromatic carbocycles. The van der Waals surface area contributed by atoms with E-state index < -0.39 is 7.92 Å². The van der Waals surface area contributed by atoms with Crippen LogP contribution in [0.3, 0.4) is 0 Å². The largest absolute Gasteiger partial charge is 0.207 e. The molecule has 4 heteroatoms. The van der Waals surface area contributed by atoms with Crippen molar-refractivity contribution < 1.29 is 8.78 Å². The Kier molecular flexibility index (Phi) is 7.37. The second-order valence-electron chi connectivity index (χ2n) is 8.16. The van der Waals surface area contributed by atoms with Crippen LogP contribution >= 0.6 is 19.7 Å². The van der Waals surface area contributed by atoms with Crippen LogP contribution in [0.15, 0.2) is 137 Å². The van der Waals surface area contributed by atoms with E-state index in [1.54, 1.807) is 11.8 Å². The smallest absolute Gasteiger partial charge is 0.123 e. The summed E-state index contributed by atoms with van der Waals surface area (Å²) >= 11 is 1.74. The first kappa shape index (κ1) is 23.5. The maximum atomic E-state index is 13.6. The molecule has 0 radical (unpaired) electrons. The topological polar surface area (TPSA) is 0 Å². The van der Waals surface area contributed by atoms with Crippen molar-refractivity contribution in [3.8, 4) is 0 Å². The average Bonchev–Trinajstić information content (AvgIpc) is 2.89. The van der Waals surface area contributed by atoms with Crippen LogP contribution in [-0.2, 0) is 0 Å². The molecule has 0 aromatic heterocycles. The minimum absolute atomic E-state index is 0.259. The highest BCUT2D eigenvalue weighted by molar-refractivity contribution is 8.03. The van der Waals surface area contributed by atoms with Gasteiger partial charge in [0.15, 0.2) is 0 Å². The van der Waals surface area contributed by atoms with Crippen molar-refractivity contribution in [2.45, 2.75) is 11.3 Å². The molecule has 35 heavy (non-hydrogen) atoms. The Morgan fingerprint density at radius 1 is 0.629 bits per heavy atom. The minimum atomic E-state index is -0.912. The van der Waals surface area contributed by atoms with E-state index in [0.29, 0.717) is 0 Å². The zero-order chi connectivity index (χ0) is 24.0. The molecule has 0 aliphatic heterocycles. The van der Waals surface area contributed by atoms with Crippen molar-refractivity contribution in [1.29, 1.82) is 0 Å². The van der Waals surface area contributed by atoms with E-state index in [1.165, 1.54) is 40.3 Å². The quantitative estimate of drug-likeness (QED) is 0.246. The summed E-state index contributed by atoms with van der Waals surface area (Å²) < 4.78 is 27.1. The summed E-state index contributed by atoms with van der Waals surface area (Å²) in [6.07, 6.45) is 9.74. The van der Waals surface area contributed by atoms with Gasteiger partial charge < -0.3 is 0 Å². The molecule has 0 amide bonds. The number of rotatable bonds is 6. The predicted molar refractivity (Wildman–Crippen MR) is 147 cm³/mol. The summed E-state index contributed by atoms with van der Waals surface area (Å²) in [4.78, 5) is 2.38. The van der Waals surface area contributed by atoms with Crippen molar-refractivity contribution in [2.75, 3.05) is 0 Å². The predicted octanol–water partition coefficient (Wildman–Crippen LogP) is 7.74. The summed E-state index contributed by atoms with van der Waals surface area (Å²) in [5.74, 6) is -0.518. The van der Waals surface area contributed by atoms with Gasteiger partial charge in [-0.1, -0.05) is 96.7 Å². The van der Waals surface area contributed by atoms with Crippen LogP contribution in [0.5, 0.6) is 0 Å². The minimum Gasteiger partial charge on any atom is -0.207 e. The monoisotopic (exact) mass is 496 g/mol. The van der Waals surface area contributed by atoms with Crippen molar-refractivity contribution >= 4 is 41.7 Å². The number of halogens is 2. The lowest BCUT2D eigenvalue weighted by molar-refractivity contribution is 0.628. The summed E-state index contributed by atoms with van der Waals surface area (Å²) in [5, 5.41) is 3.21. The zero-order valence-electron chi connectivity index (χ0n) is 18.9. The van der Waals surface area contributed by atoms with E-state index in [2.05, 4.69) is 72.8 Å². The van der Waals surface area contributed by atoms with Gasteiger partial charge >= 0.3 is 0 Å². The Morgan fingerprint density at radius 3 is 1.69 bits per heavy atom. The van der Waals surface area contributed by atoms with Gasteiger partial charge in [0.1, 0.15) is 11.6 Å². The first-order valence-electron chi connectivity index (χ1n) is 11.4. The molecule has 0 unspecified atom stereocenters. The van der Waals surface area contributed by atoms with E-state index >= 15 is 0 Å². The van der Waals surface area contributed by atoms with Crippen molar-refractivity contribution in [3.05, 3.63) is 149 Å². The maximum Gasteiger partial charge on any atom is 0.123 e. The third-order valence-electron chi connectivity index (χ3n) is 5.65. The summed E-state index contributed by atoms with van der Waals surface area (Å²) in [7, 11) is -0.912. The lowest BCUT2D eigenvalue weighted by atomic mass is 10.0. The molecule has 172 valence electrons. The fourth-order valence-corrected chi connectivity index (χ4v) is 7.00. The van der Waals surface area contributed by atoms with Crippen LogP contribution in [0.25, 0.3) is 6.08 Å². The molecule has 0 nitrogen and oxygen atoms in total. The molecular weight excluding hydrogens is 473 g/mol. The Morgan fingerprint density at radius 2 is 1.17 bits per heavy atom. The van der Waals surface area contributed by atoms with Crippen LogP contribution in [-0.4, -0.2) is 0 Å². The number of hydrogen-bond donors (Lipinski definition) is 0. The second kappa shape index (κ2) is 11.0. The Balaban J connectivity index is 1.33. The molecule has 1 aliphatic rings. The van der Waals surface area contributed by atoms with Gasteiger partial charge in [-0.3, -0.25) is 0 Å². The number of thioether (sulfide) groups is 1. The molecular formula is C31H23F2PS. The van der Waals surface area contributed by atoms with Gasteiger partial charge in [0, 0.05) is 9.80 Å². The highest BCUT2D eigenvalue weighted by Crippen LogP contribution is 2.35. The van der Waals surface area contributed by atoms with E-state index in [-0.39, 0.29) is 11.6 Å². The number of hydrogen-bond acceptors (Lipinski definition) is 1. The van der Waals surface area contributed by atoms with Gasteiger partial charge in [0.2, 0.25) is 0 Å². The standard InChI is InChI=1S/C31H23F2PS/c32-25-8-12-27(13-9-25)34(28-14-10-26(33)11-15-28)29-16-20-31(21-17-29)35-30-18-6-24(7-19-30)22-23-4-2-1-3-5-23/h1-6,8-22H,7H2. The van der Waals surface area contributed by atoms with Gasteiger partial charge in [-0.05, 0) is 83.9 Å². The fourth-order valence-electron chi connectivity index (χ4n) is 3.92. The first-order valence-corrected chi connectivity index (χ1v) is 13.5. The molecule has 0 saturated heterocycles. The third-order valence-corrected chi connectivity index (χ3v) is 9.14. The molecule has 4 aromatic rings. The second-order valence-corrected chi connectivity index (χ2v) is 11.5. The third kappa shape index (κ3) is 6.06. The number of allylic oxidation sites excluding steroid dienone is 4. The van der Waals surface area contributed by atoms with E-state index in [1.807, 2.05) is 30.3 Å². The SMILES string of the molecule is Fc1ccc(P(c2ccc(F)cc2)c2ccc(SC3=CCC(=Cc4ccccc4)C=C3)cc2)cc1. The van der Waals surface area contributed by atoms with Crippen molar-refractivity contribution in [3.63, 3.8) is 0 Å². The lowest BCUT2D eigenvalue weighted by Gasteiger charge is -2.20. The van der Waals surface area contributed by atoms with Crippen LogP contribution < -0.4 is 15.9 Å². The molecule has 5 rings (SSSR count). The highest BCUT2D eigenvalue weighted by Gasteiger charge is 2.17. The van der Waals surface area contributed by atoms with Gasteiger partial charge in [0.05, 0.1) is 0 Å². The number of benzene rings is 4. The Bertz CT molecular complexity index is 1330. The van der Waals surface area contributed by atoms with Crippen molar-refractivity contribution in [1.82, 2.24) is 0 Å². The van der Waals surface area contributed by atoms with Gasteiger partial charge in [-0.2, -0.15) is 0 Å². The molecule has 0 heterocycles. The summed E-state index contributed by atoms with van der Waals surface area (Å²) in [5.41, 5.74) is 2.51. The fraction of sp³-hybridized carbons (Fsp3) is 0.0323. The molecule has 0 bridgehead atoms. The van der Waals surface area contributed by atoms with Gasteiger partial charge in [0.25, 0.3) is 0 Å². The van der Waals surface area contributed by atoms with Gasteiger partial charge in [-0.15, -0.1) is 0 Å². The normalized spacial score (nSPS) is 14.4. The maximum absolute atomic E-state index is 13.6. The zero-order valence-corrected chi connectivity index (χ0v) is 20.7. The Hall–Kier alpha value is -3.26. The first-order chi connectivity index (χ1) is 17.1. The molecule has 0 N–H and O–H groups in total. The molecule has 0 atom stereocenters. The van der Waals surface area contributed by atoms with E-state index in [0.717, 1.165) is 27.2 Å². The van der Waals surface area contributed by atoms with E-state index in [9.17, 15) is 8.78 Å². The molecule has 1 aliphatic carbocycles. The lowest BCUT2D eigenvalue weighted by Crippen LogP contribution is -2.20. The van der Waals surface area contributed by atoms with Gasteiger partial charge in [-0.25, -0.2) is 8.78 Å². The summed E-state index contributed by atoms with van der Waals surface area (Å²) in [6, 6.07) is 32.1. The molecule has 0 fully saturated rings. The Labute approximate surface area is 210 Å². The highest BCUT2D eigenvalue weighted by atomic mass is 32.2. The summed E-state index contributed by atoms with van der Waals surface area (Å²) in [6.45, 7) is 0. The van der Waals surface area contributed by atoms with Crippen LogP contribution in [0.1, 0.15) is 12.0 Å².